The van der Waals surface area contributed by atoms with Crippen molar-refractivity contribution in [2.75, 3.05) is 21.3 Å². The Balaban J connectivity index is 0. The van der Waals surface area contributed by atoms with E-state index in [1.165, 1.54) is 33.5 Å². The van der Waals surface area contributed by atoms with Gasteiger partial charge in [-0.15, -0.1) is 0 Å². The molecule has 86 valence electrons. The second-order valence-corrected chi connectivity index (χ2v) is 3.58. The van der Waals surface area contributed by atoms with Crippen LogP contribution in [-0.2, 0) is 11.1 Å². The van der Waals surface area contributed by atoms with Crippen LogP contribution in [-0.4, -0.2) is 30.1 Å². The third-order valence-electron chi connectivity index (χ3n) is 1.84. The average molecular weight is 256 g/mol. The van der Waals surface area contributed by atoms with E-state index in [0.717, 1.165) is 0 Å². The van der Waals surface area contributed by atoms with Gasteiger partial charge in [0.2, 0.25) is 5.75 Å². The number of hydrogen-bond donors (Lipinski definition) is 1. The van der Waals surface area contributed by atoms with Crippen molar-refractivity contribution in [1.82, 2.24) is 0 Å². The summed E-state index contributed by atoms with van der Waals surface area (Å²) in [6.07, 6.45) is 0. The van der Waals surface area contributed by atoms with Gasteiger partial charge in [-0.2, -0.15) is 0 Å². The van der Waals surface area contributed by atoms with Gasteiger partial charge in [0.05, 0.1) is 26.2 Å². The Bertz CT molecular complexity index is 363. The SMILES string of the molecule is COc1cc(S(=O)O)cc(OC)c1OC.[H-].[Na+]. The zero-order chi connectivity index (χ0) is 11.4. The van der Waals surface area contributed by atoms with Crippen LogP contribution in [0.2, 0.25) is 0 Å². The summed E-state index contributed by atoms with van der Waals surface area (Å²) in [7, 11) is 4.36. The molecule has 0 heterocycles. The van der Waals surface area contributed by atoms with Crippen molar-refractivity contribution in [2.45, 2.75) is 4.90 Å². The van der Waals surface area contributed by atoms with Gasteiger partial charge in [-0.3, -0.25) is 0 Å². The molecule has 0 aliphatic rings. The Morgan fingerprint density at radius 2 is 1.56 bits per heavy atom. The third-order valence-corrected chi connectivity index (χ3v) is 2.48. The van der Waals surface area contributed by atoms with E-state index in [4.69, 9.17) is 18.8 Å². The molecule has 16 heavy (non-hydrogen) atoms. The first-order valence-corrected chi connectivity index (χ1v) is 5.15. The number of methoxy groups -OCH3 is 3. The van der Waals surface area contributed by atoms with Crippen LogP contribution in [0.25, 0.3) is 0 Å². The molecule has 0 bridgehead atoms. The molecule has 1 atom stereocenters. The summed E-state index contributed by atoms with van der Waals surface area (Å²) in [6.45, 7) is 0. The van der Waals surface area contributed by atoms with Crippen LogP contribution in [0.15, 0.2) is 17.0 Å². The zero-order valence-electron chi connectivity index (χ0n) is 10.6. The summed E-state index contributed by atoms with van der Waals surface area (Å²) in [5, 5.41) is 0. The number of benzene rings is 1. The van der Waals surface area contributed by atoms with E-state index in [1.807, 2.05) is 0 Å². The molecular weight excluding hydrogens is 243 g/mol. The van der Waals surface area contributed by atoms with Gasteiger partial charge in [0.1, 0.15) is 0 Å². The van der Waals surface area contributed by atoms with E-state index in [0.29, 0.717) is 17.2 Å². The minimum absolute atomic E-state index is 0. The number of ether oxygens (including phenoxy) is 3. The summed E-state index contributed by atoms with van der Waals surface area (Å²) in [4.78, 5) is 0.199. The van der Waals surface area contributed by atoms with Gasteiger partial charge in [0.25, 0.3) is 0 Å². The van der Waals surface area contributed by atoms with E-state index in [9.17, 15) is 4.21 Å². The van der Waals surface area contributed by atoms with Gasteiger partial charge in [-0.05, 0) is 0 Å². The van der Waals surface area contributed by atoms with Crippen LogP contribution in [0, 0.1) is 0 Å². The topological polar surface area (TPSA) is 65.0 Å². The minimum Gasteiger partial charge on any atom is -1.00 e. The number of hydrogen-bond acceptors (Lipinski definition) is 4. The molecule has 1 unspecified atom stereocenters. The van der Waals surface area contributed by atoms with Crippen LogP contribution in [0.3, 0.4) is 0 Å². The maximum atomic E-state index is 10.9. The van der Waals surface area contributed by atoms with Gasteiger partial charge in [0, 0.05) is 12.1 Å². The molecule has 0 fully saturated rings. The molecule has 0 aliphatic heterocycles. The maximum Gasteiger partial charge on any atom is 1.00 e. The molecule has 1 rings (SSSR count). The van der Waals surface area contributed by atoms with E-state index in [-0.39, 0.29) is 35.9 Å². The molecule has 0 spiro atoms. The predicted molar refractivity (Wildman–Crippen MR) is 56.2 cm³/mol. The molecular formula is C9H13NaO5S. The van der Waals surface area contributed by atoms with Crippen molar-refractivity contribution >= 4 is 11.1 Å². The molecule has 0 aromatic heterocycles. The average Bonchev–Trinajstić information content (AvgIpc) is 2.26. The summed E-state index contributed by atoms with van der Waals surface area (Å²) in [6, 6.07) is 2.86. The van der Waals surface area contributed by atoms with Gasteiger partial charge in [0.15, 0.2) is 22.6 Å². The molecule has 0 amide bonds. The monoisotopic (exact) mass is 256 g/mol. The fraction of sp³-hybridized carbons (Fsp3) is 0.333. The van der Waals surface area contributed by atoms with E-state index in [1.54, 1.807) is 0 Å². The maximum absolute atomic E-state index is 10.9. The van der Waals surface area contributed by atoms with E-state index in [2.05, 4.69) is 0 Å². The molecule has 1 aromatic carbocycles. The second kappa shape index (κ2) is 7.13. The minimum atomic E-state index is -2.08. The molecule has 5 nitrogen and oxygen atoms in total. The van der Waals surface area contributed by atoms with Gasteiger partial charge in [-0.1, -0.05) is 0 Å². The van der Waals surface area contributed by atoms with E-state index < -0.39 is 11.1 Å². The Morgan fingerprint density at radius 3 is 1.81 bits per heavy atom. The fourth-order valence-electron chi connectivity index (χ4n) is 1.16. The smallest absolute Gasteiger partial charge is 1.00 e. The summed E-state index contributed by atoms with van der Waals surface area (Å²) in [5.74, 6) is 1.11. The summed E-state index contributed by atoms with van der Waals surface area (Å²) < 4.78 is 34.9. The first kappa shape index (κ1) is 15.7. The van der Waals surface area contributed by atoms with Crippen LogP contribution in [0.4, 0.5) is 0 Å². The van der Waals surface area contributed by atoms with Crippen LogP contribution < -0.4 is 43.8 Å². The van der Waals surface area contributed by atoms with Crippen molar-refractivity contribution in [3.8, 4) is 17.2 Å². The van der Waals surface area contributed by atoms with E-state index >= 15 is 0 Å². The van der Waals surface area contributed by atoms with Crippen molar-refractivity contribution in [2.24, 2.45) is 0 Å². The Kier molecular flexibility index (Phi) is 7.01. The second-order valence-electron chi connectivity index (χ2n) is 2.61. The molecule has 0 aliphatic carbocycles. The van der Waals surface area contributed by atoms with Gasteiger partial charge < -0.3 is 20.2 Å². The quantitative estimate of drug-likeness (QED) is 0.520. The molecule has 1 N–H and O–H groups in total. The van der Waals surface area contributed by atoms with Crippen molar-refractivity contribution in [3.63, 3.8) is 0 Å². The molecule has 1 aromatic rings. The van der Waals surface area contributed by atoms with Gasteiger partial charge >= 0.3 is 29.6 Å². The summed E-state index contributed by atoms with van der Waals surface area (Å²) >= 11 is -2.08. The van der Waals surface area contributed by atoms with Crippen LogP contribution >= 0.6 is 0 Å². The predicted octanol–water partition coefficient (Wildman–Crippen LogP) is -1.59. The molecule has 0 saturated carbocycles. The fourth-order valence-corrected chi connectivity index (χ4v) is 1.57. The van der Waals surface area contributed by atoms with Gasteiger partial charge in [-0.25, -0.2) is 4.21 Å². The molecule has 7 heteroatoms. The van der Waals surface area contributed by atoms with Crippen molar-refractivity contribution in [3.05, 3.63) is 12.1 Å². The first-order chi connectivity index (χ1) is 7.13. The molecule has 0 radical (unpaired) electrons. The normalized spacial score (nSPS) is 11.2. The Hall–Kier alpha value is -0.270. The Morgan fingerprint density at radius 1 is 1.12 bits per heavy atom. The van der Waals surface area contributed by atoms with Crippen molar-refractivity contribution < 1.29 is 54.0 Å². The first-order valence-electron chi connectivity index (χ1n) is 4.05. The largest absolute Gasteiger partial charge is 1.00 e. The molecule has 0 saturated heterocycles. The third kappa shape index (κ3) is 3.36. The zero-order valence-corrected chi connectivity index (χ0v) is 12.5. The van der Waals surface area contributed by atoms with Crippen molar-refractivity contribution in [1.29, 1.82) is 0 Å². The van der Waals surface area contributed by atoms with Crippen LogP contribution in [0.1, 0.15) is 1.43 Å². The van der Waals surface area contributed by atoms with Crippen LogP contribution in [0.5, 0.6) is 17.2 Å². The Labute approximate surface area is 120 Å². The standard InChI is InChI=1S/C9H12O5S.Na.H/c1-12-7-4-6(15(10)11)5-8(13-2)9(7)14-3;;/h4-5H,1-3H3,(H,10,11);;/q;+1;-1. The summed E-state index contributed by atoms with van der Waals surface area (Å²) in [5.41, 5.74) is 0. The number of rotatable bonds is 4.